The van der Waals surface area contributed by atoms with Crippen LogP contribution in [0.4, 0.5) is 10.1 Å². The summed E-state index contributed by atoms with van der Waals surface area (Å²) in [7, 11) is 3.17. The van der Waals surface area contributed by atoms with Gasteiger partial charge in [0.25, 0.3) is 5.91 Å². The number of H-pyrrole nitrogens is 1. The number of methoxy groups -OCH3 is 2. The van der Waals surface area contributed by atoms with E-state index in [0.29, 0.717) is 27.9 Å². The van der Waals surface area contributed by atoms with Crippen LogP contribution in [0, 0.1) is 5.82 Å². The monoisotopic (exact) mass is 630 g/mol. The minimum Gasteiger partial charge on any atom is -0.497 e. The van der Waals surface area contributed by atoms with E-state index in [9.17, 15) is 4.79 Å². The van der Waals surface area contributed by atoms with E-state index in [4.69, 9.17) is 18.9 Å². The largest absolute Gasteiger partial charge is 0.497 e. The molecule has 0 aliphatic heterocycles. The van der Waals surface area contributed by atoms with Gasteiger partial charge in [0.05, 0.1) is 19.9 Å². The molecule has 0 fully saturated rings. The van der Waals surface area contributed by atoms with Crippen molar-refractivity contribution < 1.29 is 28.1 Å². The Bertz CT molecular complexity index is 1660. The molecular weight excluding hydrogens is 599 g/mol. The topological polar surface area (TPSA) is 133 Å². The Labute approximate surface area is 263 Å². The molecule has 0 saturated heterocycles. The molecule has 0 spiro atoms. The standard InChI is InChI=1S/C32H31FN6O5S/c1-19(2)45-32-36-30(43-17-20-5-10-23(41-3)11-6-20)28(31(37-32)44-18-21-7-12-24(42-4)13-8-21)29(40)35-26-14-9-22(15-25(26)33)27-16-34-39-38-27/h5-16,19H,17-18H2,1-4H3,(H,35,40)(H,34,38,39). The summed E-state index contributed by atoms with van der Waals surface area (Å²) in [5, 5.41) is 13.3. The van der Waals surface area contributed by atoms with Crippen molar-refractivity contribution in [2.45, 2.75) is 37.5 Å². The number of nitrogens with one attached hydrogen (secondary N) is 2. The molecule has 232 valence electrons. The minimum absolute atomic E-state index is 0.00850. The van der Waals surface area contributed by atoms with Gasteiger partial charge in [0.1, 0.15) is 36.2 Å². The van der Waals surface area contributed by atoms with Crippen molar-refractivity contribution in [3.8, 4) is 34.5 Å². The summed E-state index contributed by atoms with van der Waals surface area (Å²) in [6.45, 7) is 4.17. The average molecular weight is 631 g/mol. The summed E-state index contributed by atoms with van der Waals surface area (Å²) in [6.07, 6.45) is 1.54. The molecule has 3 aromatic carbocycles. The Hall–Kier alpha value is -5.17. The number of rotatable bonds is 13. The average Bonchev–Trinajstić information content (AvgIpc) is 3.59. The van der Waals surface area contributed by atoms with Crippen LogP contribution in [0.15, 0.2) is 78.1 Å². The summed E-state index contributed by atoms with van der Waals surface area (Å²) >= 11 is 1.39. The molecule has 2 aromatic heterocycles. The number of carbonyl (C=O) groups is 1. The van der Waals surface area contributed by atoms with Crippen molar-refractivity contribution in [3.63, 3.8) is 0 Å². The molecule has 5 rings (SSSR count). The van der Waals surface area contributed by atoms with Crippen molar-refractivity contribution in [1.29, 1.82) is 0 Å². The Morgan fingerprint density at radius 3 is 1.93 bits per heavy atom. The highest BCUT2D eigenvalue weighted by atomic mass is 32.2. The maximum atomic E-state index is 15.2. The number of nitrogens with zero attached hydrogens (tertiary/aromatic N) is 4. The molecule has 0 unspecified atom stereocenters. The number of ether oxygens (including phenoxy) is 4. The molecular formula is C32H31FN6O5S. The van der Waals surface area contributed by atoms with Crippen LogP contribution in [0.3, 0.4) is 0 Å². The van der Waals surface area contributed by atoms with E-state index >= 15 is 4.39 Å². The maximum Gasteiger partial charge on any atom is 0.266 e. The Morgan fingerprint density at radius 1 is 0.889 bits per heavy atom. The van der Waals surface area contributed by atoms with Gasteiger partial charge in [-0.25, -0.2) is 4.39 Å². The molecule has 2 N–H and O–H groups in total. The summed E-state index contributed by atoms with van der Waals surface area (Å²) in [4.78, 5) is 23.0. The second-order valence-corrected chi connectivity index (χ2v) is 11.5. The smallest absolute Gasteiger partial charge is 0.266 e. The fourth-order valence-electron chi connectivity index (χ4n) is 4.12. The fraction of sp³-hybridized carbons (Fsp3) is 0.219. The van der Waals surface area contributed by atoms with Crippen molar-refractivity contribution in [1.82, 2.24) is 25.4 Å². The molecule has 0 bridgehead atoms. The van der Waals surface area contributed by atoms with Crippen molar-refractivity contribution in [2.24, 2.45) is 0 Å². The quantitative estimate of drug-likeness (QED) is 0.112. The number of halogens is 1. The summed E-state index contributed by atoms with van der Waals surface area (Å²) in [5.74, 6) is -0.00183. The van der Waals surface area contributed by atoms with E-state index in [1.807, 2.05) is 38.1 Å². The first kappa shape index (κ1) is 31.3. The van der Waals surface area contributed by atoms with Gasteiger partial charge >= 0.3 is 0 Å². The summed E-state index contributed by atoms with van der Waals surface area (Å²) in [6, 6.07) is 18.9. The molecule has 0 radical (unpaired) electrons. The van der Waals surface area contributed by atoms with E-state index < -0.39 is 11.7 Å². The number of aromatic nitrogens is 5. The first-order valence-electron chi connectivity index (χ1n) is 13.9. The van der Waals surface area contributed by atoms with Gasteiger partial charge in [0.15, 0.2) is 10.7 Å². The molecule has 11 nitrogen and oxygen atoms in total. The predicted molar refractivity (Wildman–Crippen MR) is 167 cm³/mol. The molecule has 1 amide bonds. The lowest BCUT2D eigenvalue weighted by atomic mass is 10.1. The zero-order valence-corrected chi connectivity index (χ0v) is 25.9. The minimum atomic E-state index is -0.710. The van der Waals surface area contributed by atoms with Crippen LogP contribution in [-0.4, -0.2) is 50.8 Å². The molecule has 0 atom stereocenters. The Balaban J connectivity index is 1.49. The van der Waals surface area contributed by atoms with E-state index in [2.05, 4.69) is 30.7 Å². The van der Waals surface area contributed by atoms with Gasteiger partial charge in [-0.1, -0.05) is 61.2 Å². The van der Waals surface area contributed by atoms with E-state index in [0.717, 1.165) is 11.1 Å². The van der Waals surface area contributed by atoms with E-state index in [-0.39, 0.29) is 41.5 Å². The lowest BCUT2D eigenvalue weighted by molar-refractivity contribution is 0.101. The third kappa shape index (κ3) is 8.06. The number of thioether (sulfide) groups is 1. The lowest BCUT2D eigenvalue weighted by Crippen LogP contribution is -2.18. The highest BCUT2D eigenvalue weighted by Crippen LogP contribution is 2.33. The third-order valence-electron chi connectivity index (χ3n) is 6.39. The first-order chi connectivity index (χ1) is 21.8. The van der Waals surface area contributed by atoms with Gasteiger partial charge in [-0.05, 0) is 47.5 Å². The van der Waals surface area contributed by atoms with Crippen LogP contribution in [-0.2, 0) is 13.2 Å². The molecule has 0 aliphatic rings. The maximum absolute atomic E-state index is 15.2. The lowest BCUT2D eigenvalue weighted by Gasteiger charge is -2.17. The molecule has 0 saturated carbocycles. The molecule has 13 heteroatoms. The highest BCUT2D eigenvalue weighted by Gasteiger charge is 2.26. The van der Waals surface area contributed by atoms with Gasteiger partial charge in [-0.2, -0.15) is 9.97 Å². The SMILES string of the molecule is COc1ccc(COc2nc(SC(C)C)nc(OCc3ccc(OC)cc3)c2C(=O)Nc2ccc(-c3c[nH]nn3)cc2F)cc1. The number of hydrogen-bond acceptors (Lipinski definition) is 10. The van der Waals surface area contributed by atoms with E-state index in [1.165, 1.54) is 23.9 Å². The Morgan fingerprint density at radius 2 is 1.47 bits per heavy atom. The van der Waals surface area contributed by atoms with Gasteiger partial charge in [-0.15, -0.1) is 5.10 Å². The molecule has 2 heterocycles. The summed E-state index contributed by atoms with van der Waals surface area (Å²) < 4.78 is 37.9. The van der Waals surface area contributed by atoms with Crippen LogP contribution in [0.2, 0.25) is 0 Å². The van der Waals surface area contributed by atoms with Crippen LogP contribution >= 0.6 is 11.8 Å². The number of aromatic amines is 1. The normalized spacial score (nSPS) is 10.9. The molecule has 5 aromatic rings. The number of hydrogen-bond donors (Lipinski definition) is 2. The van der Waals surface area contributed by atoms with Crippen LogP contribution in [0.5, 0.6) is 23.3 Å². The number of amides is 1. The number of benzene rings is 3. The zero-order chi connectivity index (χ0) is 31.8. The van der Waals surface area contributed by atoms with E-state index in [1.54, 1.807) is 50.7 Å². The third-order valence-corrected chi connectivity index (χ3v) is 7.25. The second-order valence-electron chi connectivity index (χ2n) is 9.94. The van der Waals surface area contributed by atoms with Gasteiger partial charge in [0, 0.05) is 17.0 Å². The second kappa shape index (κ2) is 14.5. The fourth-order valence-corrected chi connectivity index (χ4v) is 4.81. The van der Waals surface area contributed by atoms with Gasteiger partial charge in [0.2, 0.25) is 11.8 Å². The number of carbonyl (C=O) groups excluding carboxylic acids is 1. The van der Waals surface area contributed by atoms with Gasteiger partial charge < -0.3 is 24.3 Å². The molecule has 0 aliphatic carbocycles. The van der Waals surface area contributed by atoms with Crippen molar-refractivity contribution in [2.75, 3.05) is 19.5 Å². The number of anilines is 1. The first-order valence-corrected chi connectivity index (χ1v) is 14.8. The van der Waals surface area contributed by atoms with Crippen molar-refractivity contribution >= 4 is 23.4 Å². The van der Waals surface area contributed by atoms with Crippen LogP contribution in [0.1, 0.15) is 35.3 Å². The molecule has 45 heavy (non-hydrogen) atoms. The van der Waals surface area contributed by atoms with Crippen LogP contribution in [0.25, 0.3) is 11.3 Å². The Kier molecular flexibility index (Phi) is 10.1. The summed E-state index contributed by atoms with van der Waals surface area (Å²) in [5.41, 5.74) is 2.44. The van der Waals surface area contributed by atoms with Gasteiger partial charge in [-0.3, -0.25) is 9.89 Å². The van der Waals surface area contributed by atoms with Crippen molar-refractivity contribution in [3.05, 3.63) is 95.4 Å². The predicted octanol–water partition coefficient (Wildman–Crippen LogP) is 6.33. The van der Waals surface area contributed by atoms with Crippen LogP contribution < -0.4 is 24.3 Å². The highest BCUT2D eigenvalue weighted by molar-refractivity contribution is 7.99. The zero-order valence-electron chi connectivity index (χ0n) is 25.0.